The summed E-state index contributed by atoms with van der Waals surface area (Å²) >= 11 is 0. The number of likely N-dealkylation sites (tertiary alicyclic amines) is 1. The minimum absolute atomic E-state index is 0.258. The van der Waals surface area contributed by atoms with Crippen LogP contribution in [0.2, 0.25) is 0 Å². The first-order valence-electron chi connectivity index (χ1n) is 12.5. The fourth-order valence-electron chi connectivity index (χ4n) is 4.99. The first-order chi connectivity index (χ1) is 16.5. The molecular weight excluding hydrogens is 424 g/mol. The summed E-state index contributed by atoms with van der Waals surface area (Å²) in [6, 6.07) is 16.5. The third-order valence-electron chi connectivity index (χ3n) is 6.78. The Labute approximate surface area is 202 Å². The Morgan fingerprint density at radius 2 is 1.94 bits per heavy atom. The largest absolute Gasteiger partial charge is 0.481 e. The van der Waals surface area contributed by atoms with Crippen LogP contribution >= 0.6 is 0 Å². The SMILES string of the molecule is CC1(CCCCc2ccc3c(n2)NCCC3)CN(CCC(=O)O)C1.c1ccc2ncccc2c1. The van der Waals surface area contributed by atoms with E-state index in [9.17, 15) is 4.79 Å². The fourth-order valence-corrected chi connectivity index (χ4v) is 4.99. The van der Waals surface area contributed by atoms with Crippen LogP contribution in [0.15, 0.2) is 54.7 Å². The first-order valence-corrected chi connectivity index (χ1v) is 12.5. The summed E-state index contributed by atoms with van der Waals surface area (Å²) in [6.45, 7) is 6.14. The number of carboxylic acids is 1. The van der Waals surface area contributed by atoms with Crippen molar-refractivity contribution in [3.63, 3.8) is 0 Å². The molecule has 5 rings (SSSR count). The number of fused-ring (bicyclic) bond motifs is 2. The highest BCUT2D eigenvalue weighted by atomic mass is 16.4. The number of aryl methyl sites for hydroxylation is 2. The fraction of sp³-hybridized carbons (Fsp3) is 0.464. The Kier molecular flexibility index (Phi) is 8.12. The number of hydrogen-bond donors (Lipinski definition) is 2. The Bertz CT molecular complexity index is 1030. The number of unbranched alkanes of at least 4 members (excludes halogenated alkanes) is 1. The molecule has 4 heterocycles. The second-order valence-corrected chi connectivity index (χ2v) is 9.91. The van der Waals surface area contributed by atoms with Gasteiger partial charge >= 0.3 is 5.97 Å². The van der Waals surface area contributed by atoms with Gasteiger partial charge in [-0.2, -0.15) is 0 Å². The van der Waals surface area contributed by atoms with Gasteiger partial charge in [-0.15, -0.1) is 0 Å². The lowest BCUT2D eigenvalue weighted by atomic mass is 9.77. The monoisotopic (exact) mass is 460 g/mol. The number of anilines is 1. The zero-order valence-corrected chi connectivity index (χ0v) is 20.2. The van der Waals surface area contributed by atoms with Crippen molar-refractivity contribution in [1.82, 2.24) is 14.9 Å². The maximum absolute atomic E-state index is 10.6. The molecule has 6 nitrogen and oxygen atoms in total. The number of carboxylic acid groups (broad SMARTS) is 1. The van der Waals surface area contributed by atoms with Crippen LogP contribution in [0.1, 0.15) is 50.3 Å². The van der Waals surface area contributed by atoms with Crippen molar-refractivity contribution in [2.45, 2.75) is 51.9 Å². The zero-order chi connectivity index (χ0) is 23.8. The summed E-state index contributed by atoms with van der Waals surface area (Å²) < 4.78 is 0. The van der Waals surface area contributed by atoms with Crippen molar-refractivity contribution < 1.29 is 9.90 Å². The summed E-state index contributed by atoms with van der Waals surface area (Å²) in [5, 5.41) is 13.3. The van der Waals surface area contributed by atoms with Crippen LogP contribution in [-0.4, -0.2) is 52.1 Å². The van der Waals surface area contributed by atoms with Gasteiger partial charge in [-0.05, 0) is 61.3 Å². The van der Waals surface area contributed by atoms with Gasteiger partial charge in [0, 0.05) is 43.5 Å². The average molecular weight is 461 g/mol. The van der Waals surface area contributed by atoms with Crippen LogP contribution < -0.4 is 5.32 Å². The summed E-state index contributed by atoms with van der Waals surface area (Å²) in [6.07, 6.45) is 9.08. The summed E-state index contributed by atoms with van der Waals surface area (Å²) in [7, 11) is 0. The Morgan fingerprint density at radius 1 is 1.12 bits per heavy atom. The topological polar surface area (TPSA) is 78.4 Å². The lowest BCUT2D eigenvalue weighted by Crippen LogP contribution is -2.54. The van der Waals surface area contributed by atoms with Crippen LogP contribution in [0.25, 0.3) is 10.9 Å². The molecule has 0 saturated carbocycles. The molecular formula is C28H36N4O2. The molecule has 0 atom stereocenters. The molecule has 6 heteroatoms. The number of aliphatic carboxylic acids is 1. The lowest BCUT2D eigenvalue weighted by molar-refractivity contribution is -0.138. The number of benzene rings is 1. The van der Waals surface area contributed by atoms with Crippen LogP contribution in [0, 0.1) is 5.41 Å². The molecule has 2 aliphatic heterocycles. The normalized spacial score (nSPS) is 16.5. The molecule has 34 heavy (non-hydrogen) atoms. The van der Waals surface area contributed by atoms with E-state index >= 15 is 0 Å². The van der Waals surface area contributed by atoms with Crippen LogP contribution in [-0.2, 0) is 17.6 Å². The number of aromatic nitrogens is 2. The summed E-state index contributed by atoms with van der Waals surface area (Å²) in [5.41, 5.74) is 3.99. The van der Waals surface area contributed by atoms with Crippen LogP contribution in [0.4, 0.5) is 5.82 Å². The first kappa shape index (κ1) is 24.1. The molecule has 2 aromatic heterocycles. The Hall–Kier alpha value is -2.99. The second kappa shape index (κ2) is 11.4. The zero-order valence-electron chi connectivity index (χ0n) is 20.2. The lowest BCUT2D eigenvalue weighted by Gasteiger charge is -2.48. The minimum atomic E-state index is -0.698. The van der Waals surface area contributed by atoms with Gasteiger partial charge in [0.25, 0.3) is 0 Å². The van der Waals surface area contributed by atoms with E-state index in [0.29, 0.717) is 12.0 Å². The Morgan fingerprint density at radius 3 is 2.76 bits per heavy atom. The molecule has 0 aliphatic carbocycles. The molecule has 0 unspecified atom stereocenters. The molecule has 0 amide bonds. The number of carbonyl (C=O) groups is 1. The van der Waals surface area contributed by atoms with Gasteiger partial charge in [-0.1, -0.05) is 43.7 Å². The maximum Gasteiger partial charge on any atom is 0.304 e. The molecule has 2 aliphatic rings. The van der Waals surface area contributed by atoms with Crippen molar-refractivity contribution in [2.24, 2.45) is 5.41 Å². The van der Waals surface area contributed by atoms with E-state index in [4.69, 9.17) is 10.1 Å². The van der Waals surface area contributed by atoms with Gasteiger partial charge in [0.1, 0.15) is 5.82 Å². The van der Waals surface area contributed by atoms with Crippen LogP contribution in [0.5, 0.6) is 0 Å². The molecule has 0 spiro atoms. The number of hydrogen-bond acceptors (Lipinski definition) is 5. The molecule has 0 radical (unpaired) electrons. The number of para-hydroxylation sites is 1. The minimum Gasteiger partial charge on any atom is -0.481 e. The van der Waals surface area contributed by atoms with Gasteiger partial charge in [-0.25, -0.2) is 4.98 Å². The van der Waals surface area contributed by atoms with Gasteiger partial charge in [-0.3, -0.25) is 9.78 Å². The highest BCUT2D eigenvalue weighted by molar-refractivity contribution is 5.77. The number of pyridine rings is 2. The van der Waals surface area contributed by atoms with E-state index in [1.165, 1.54) is 42.3 Å². The van der Waals surface area contributed by atoms with Gasteiger partial charge < -0.3 is 15.3 Å². The van der Waals surface area contributed by atoms with E-state index in [1.54, 1.807) is 0 Å². The van der Waals surface area contributed by atoms with Gasteiger partial charge in [0.05, 0.1) is 11.9 Å². The number of nitrogens with zero attached hydrogens (tertiary/aromatic N) is 3. The van der Waals surface area contributed by atoms with Crippen molar-refractivity contribution in [3.8, 4) is 0 Å². The van der Waals surface area contributed by atoms with Gasteiger partial charge in [0.2, 0.25) is 0 Å². The van der Waals surface area contributed by atoms with Crippen LogP contribution in [0.3, 0.4) is 0 Å². The molecule has 0 bridgehead atoms. The smallest absolute Gasteiger partial charge is 0.304 e. The van der Waals surface area contributed by atoms with Gasteiger partial charge in [0.15, 0.2) is 0 Å². The van der Waals surface area contributed by atoms with Crippen molar-refractivity contribution in [3.05, 3.63) is 66.0 Å². The standard InChI is InChI=1S/C19H29N3O2.C9H7N/c1-19(13-22(14-19)12-9-17(23)24)10-3-2-6-16-8-7-15-5-4-11-20-18(15)21-16;1-2-6-9-8(4-1)5-3-7-10-9/h7-8H,2-6,9-14H2,1H3,(H,20,21)(H,23,24);1-7H. The second-order valence-electron chi connectivity index (χ2n) is 9.91. The number of nitrogens with one attached hydrogen (secondary N) is 1. The van der Waals surface area contributed by atoms with E-state index in [-0.39, 0.29) is 6.42 Å². The highest BCUT2D eigenvalue weighted by Crippen LogP contribution is 2.35. The van der Waals surface area contributed by atoms with Crippen molar-refractivity contribution in [1.29, 1.82) is 0 Å². The molecule has 180 valence electrons. The highest BCUT2D eigenvalue weighted by Gasteiger charge is 2.37. The summed E-state index contributed by atoms with van der Waals surface area (Å²) in [4.78, 5) is 21.8. The van der Waals surface area contributed by atoms with E-state index in [2.05, 4.69) is 46.4 Å². The van der Waals surface area contributed by atoms with E-state index < -0.39 is 5.97 Å². The third-order valence-corrected chi connectivity index (χ3v) is 6.78. The third kappa shape index (κ3) is 6.76. The van der Waals surface area contributed by atoms with Crippen molar-refractivity contribution in [2.75, 3.05) is 31.5 Å². The van der Waals surface area contributed by atoms with E-state index in [1.807, 2.05) is 30.5 Å². The quantitative estimate of drug-likeness (QED) is 0.451. The van der Waals surface area contributed by atoms with E-state index in [0.717, 1.165) is 43.8 Å². The predicted molar refractivity (Wildman–Crippen MR) is 137 cm³/mol. The molecule has 1 fully saturated rings. The van der Waals surface area contributed by atoms with Crippen molar-refractivity contribution >= 4 is 22.7 Å². The molecule has 1 saturated heterocycles. The number of rotatable bonds is 8. The maximum atomic E-state index is 10.6. The molecule has 2 N–H and O–H groups in total. The summed E-state index contributed by atoms with van der Waals surface area (Å²) in [5.74, 6) is 0.398. The predicted octanol–water partition coefficient (Wildman–Crippen LogP) is 5.18. The Balaban J connectivity index is 0.000000226. The average Bonchev–Trinajstić information content (AvgIpc) is 2.84. The molecule has 1 aromatic carbocycles. The molecule has 3 aromatic rings.